The Morgan fingerprint density at radius 3 is 2.65 bits per heavy atom. The van der Waals surface area contributed by atoms with E-state index in [0.717, 1.165) is 29.1 Å². The Balaban J connectivity index is 1.56. The summed E-state index contributed by atoms with van der Waals surface area (Å²) < 4.78 is 25.9. The molecule has 3 rings (SSSR count). The van der Waals surface area contributed by atoms with Crippen LogP contribution in [-0.2, 0) is 6.54 Å². The maximum absolute atomic E-state index is 13.1. The zero-order chi connectivity index (χ0) is 14.0. The van der Waals surface area contributed by atoms with Crippen molar-refractivity contribution in [1.29, 1.82) is 0 Å². The third-order valence-corrected chi connectivity index (χ3v) is 5.47. The fourth-order valence-electron chi connectivity index (χ4n) is 2.91. The molecular weight excluding hydrogens is 278 g/mol. The first-order valence-electron chi connectivity index (χ1n) is 7.02. The van der Waals surface area contributed by atoms with E-state index in [1.807, 2.05) is 0 Å². The van der Waals surface area contributed by atoms with Crippen molar-refractivity contribution in [2.45, 2.75) is 32.2 Å². The van der Waals surface area contributed by atoms with Crippen molar-refractivity contribution < 1.29 is 8.78 Å². The van der Waals surface area contributed by atoms with E-state index in [4.69, 9.17) is 0 Å². The van der Waals surface area contributed by atoms with Gasteiger partial charge >= 0.3 is 0 Å². The molecule has 1 saturated carbocycles. The number of thioether (sulfide) groups is 1. The summed E-state index contributed by atoms with van der Waals surface area (Å²) in [5, 5.41) is 4.14. The number of hydrogen-bond acceptors (Lipinski definition) is 3. The normalized spacial score (nSPS) is 21.0. The Morgan fingerprint density at radius 1 is 1.20 bits per heavy atom. The van der Waals surface area contributed by atoms with Crippen LogP contribution in [0.15, 0.2) is 23.2 Å². The van der Waals surface area contributed by atoms with E-state index in [1.54, 1.807) is 17.8 Å². The fourth-order valence-corrected chi connectivity index (χ4v) is 4.07. The average molecular weight is 296 g/mol. The second-order valence-electron chi connectivity index (χ2n) is 5.72. The number of benzene rings is 1. The number of halogens is 2. The van der Waals surface area contributed by atoms with Gasteiger partial charge in [-0.1, -0.05) is 30.7 Å². The highest BCUT2D eigenvalue weighted by atomic mass is 32.2. The van der Waals surface area contributed by atoms with Gasteiger partial charge in [-0.2, -0.15) is 0 Å². The minimum Gasteiger partial charge on any atom is -0.361 e. The number of nitrogens with one attached hydrogen (secondary N) is 1. The van der Waals surface area contributed by atoms with E-state index < -0.39 is 11.6 Å². The predicted molar refractivity (Wildman–Crippen MR) is 78.9 cm³/mol. The standard InChI is InChI=1S/C15H18F2N2S/c16-12-4-3-11(7-13(12)17)8-18-14-19-9-15(10-20-14)5-1-2-6-15/h3-4,7H,1-2,5-6,8-10H2,(H,18,19). The smallest absolute Gasteiger partial charge is 0.159 e. The Morgan fingerprint density at radius 2 is 2.00 bits per heavy atom. The number of nitrogens with zero attached hydrogens (tertiary/aromatic N) is 1. The van der Waals surface area contributed by atoms with E-state index >= 15 is 0 Å². The van der Waals surface area contributed by atoms with E-state index in [2.05, 4.69) is 10.3 Å². The molecular formula is C15H18F2N2S. The second kappa shape index (κ2) is 5.72. The van der Waals surface area contributed by atoms with Gasteiger partial charge in [-0.05, 0) is 36.0 Å². The summed E-state index contributed by atoms with van der Waals surface area (Å²) >= 11 is 1.76. The van der Waals surface area contributed by atoms with Gasteiger partial charge in [0.05, 0.1) is 0 Å². The summed E-state index contributed by atoms with van der Waals surface area (Å²) in [6.45, 7) is 1.39. The Labute approximate surface area is 122 Å². The van der Waals surface area contributed by atoms with Crippen molar-refractivity contribution >= 4 is 16.9 Å². The first-order valence-corrected chi connectivity index (χ1v) is 8.01. The van der Waals surface area contributed by atoms with Crippen molar-refractivity contribution in [3.8, 4) is 0 Å². The van der Waals surface area contributed by atoms with Crippen LogP contribution in [0.3, 0.4) is 0 Å². The molecule has 20 heavy (non-hydrogen) atoms. The van der Waals surface area contributed by atoms with Crippen LogP contribution in [0, 0.1) is 17.0 Å². The molecule has 2 nitrogen and oxygen atoms in total. The Bertz CT molecular complexity index is 525. The summed E-state index contributed by atoms with van der Waals surface area (Å²) in [7, 11) is 0. The summed E-state index contributed by atoms with van der Waals surface area (Å²) in [6.07, 6.45) is 5.24. The van der Waals surface area contributed by atoms with Crippen molar-refractivity contribution in [3.05, 3.63) is 35.4 Å². The Hall–Kier alpha value is -1.10. The molecule has 0 saturated heterocycles. The molecule has 1 heterocycles. The molecule has 1 spiro atoms. The molecule has 5 heteroatoms. The third kappa shape index (κ3) is 2.97. The minimum absolute atomic E-state index is 0.428. The fraction of sp³-hybridized carbons (Fsp3) is 0.533. The van der Waals surface area contributed by atoms with E-state index in [9.17, 15) is 8.78 Å². The largest absolute Gasteiger partial charge is 0.361 e. The first-order chi connectivity index (χ1) is 9.67. The van der Waals surface area contributed by atoms with Gasteiger partial charge in [-0.25, -0.2) is 8.78 Å². The zero-order valence-electron chi connectivity index (χ0n) is 11.3. The van der Waals surface area contributed by atoms with Gasteiger partial charge in [0, 0.05) is 18.8 Å². The highest BCUT2D eigenvalue weighted by Gasteiger charge is 2.36. The van der Waals surface area contributed by atoms with Crippen LogP contribution < -0.4 is 5.32 Å². The molecule has 0 unspecified atom stereocenters. The molecule has 0 atom stereocenters. The van der Waals surface area contributed by atoms with Gasteiger partial charge in [0.25, 0.3) is 0 Å². The number of rotatable bonds is 2. The van der Waals surface area contributed by atoms with Gasteiger partial charge in [0.2, 0.25) is 0 Å². The summed E-state index contributed by atoms with van der Waals surface area (Å²) in [4.78, 5) is 4.62. The van der Waals surface area contributed by atoms with Crippen LogP contribution in [-0.4, -0.2) is 17.5 Å². The summed E-state index contributed by atoms with van der Waals surface area (Å²) in [6, 6.07) is 3.99. The first kappa shape index (κ1) is 13.9. The van der Waals surface area contributed by atoms with Crippen LogP contribution >= 0.6 is 11.8 Å². The highest BCUT2D eigenvalue weighted by molar-refractivity contribution is 8.13. The lowest BCUT2D eigenvalue weighted by molar-refractivity contribution is 0.358. The zero-order valence-corrected chi connectivity index (χ0v) is 12.1. The molecule has 1 aromatic rings. The molecule has 1 aliphatic heterocycles. The highest BCUT2D eigenvalue weighted by Crippen LogP contribution is 2.43. The average Bonchev–Trinajstić information content (AvgIpc) is 2.90. The van der Waals surface area contributed by atoms with Crippen LogP contribution in [0.1, 0.15) is 31.2 Å². The van der Waals surface area contributed by atoms with Gasteiger partial charge in [0.1, 0.15) is 0 Å². The minimum atomic E-state index is -0.804. The van der Waals surface area contributed by atoms with Crippen LogP contribution in [0.5, 0.6) is 0 Å². The lowest BCUT2D eigenvalue weighted by Gasteiger charge is -2.31. The maximum atomic E-state index is 13.1. The van der Waals surface area contributed by atoms with E-state index in [1.165, 1.54) is 31.7 Å². The molecule has 1 aromatic carbocycles. The molecule has 1 aliphatic carbocycles. The number of amidine groups is 1. The molecule has 0 amide bonds. The molecule has 0 bridgehead atoms. The summed E-state index contributed by atoms with van der Waals surface area (Å²) in [5.41, 5.74) is 1.16. The molecule has 2 aliphatic rings. The van der Waals surface area contributed by atoms with Crippen molar-refractivity contribution in [2.75, 3.05) is 12.3 Å². The third-order valence-electron chi connectivity index (χ3n) is 4.17. The quantitative estimate of drug-likeness (QED) is 0.899. The SMILES string of the molecule is Fc1ccc(CNC2=NCC3(CCCC3)CS2)cc1F. The van der Waals surface area contributed by atoms with E-state index in [-0.39, 0.29) is 0 Å². The molecule has 0 radical (unpaired) electrons. The van der Waals surface area contributed by atoms with Gasteiger partial charge in [-0.15, -0.1) is 0 Å². The van der Waals surface area contributed by atoms with Crippen molar-refractivity contribution in [3.63, 3.8) is 0 Å². The lowest BCUT2D eigenvalue weighted by atomic mass is 9.89. The van der Waals surface area contributed by atoms with Crippen LogP contribution in [0.4, 0.5) is 8.78 Å². The maximum Gasteiger partial charge on any atom is 0.159 e. The second-order valence-corrected chi connectivity index (χ2v) is 6.68. The molecule has 1 fully saturated rings. The van der Waals surface area contributed by atoms with Crippen LogP contribution in [0.25, 0.3) is 0 Å². The summed E-state index contributed by atoms with van der Waals surface area (Å²) in [5.74, 6) is -0.481. The lowest BCUT2D eigenvalue weighted by Crippen LogP contribution is -2.33. The van der Waals surface area contributed by atoms with Crippen molar-refractivity contribution in [2.24, 2.45) is 10.4 Å². The van der Waals surface area contributed by atoms with Gasteiger partial charge < -0.3 is 5.32 Å². The molecule has 1 N–H and O–H groups in total. The number of aliphatic imine (C=N–C) groups is 1. The Kier molecular flexibility index (Phi) is 3.96. The van der Waals surface area contributed by atoms with Gasteiger partial charge in [0.15, 0.2) is 16.8 Å². The molecule has 108 valence electrons. The van der Waals surface area contributed by atoms with Gasteiger partial charge in [-0.3, -0.25) is 4.99 Å². The molecule has 0 aromatic heterocycles. The van der Waals surface area contributed by atoms with Crippen molar-refractivity contribution in [1.82, 2.24) is 5.32 Å². The van der Waals surface area contributed by atoms with Crippen LogP contribution in [0.2, 0.25) is 0 Å². The predicted octanol–water partition coefficient (Wildman–Crippen LogP) is 3.72. The number of hydrogen-bond donors (Lipinski definition) is 1. The topological polar surface area (TPSA) is 24.4 Å². The monoisotopic (exact) mass is 296 g/mol. The van der Waals surface area contributed by atoms with E-state index in [0.29, 0.717) is 12.0 Å².